The normalized spacial score (nSPS) is 18.6. The molecule has 11 heteroatoms. The molecule has 2 aliphatic heterocycles. The number of sulfonamides is 1. The molecule has 0 unspecified atom stereocenters. The van der Waals surface area contributed by atoms with Gasteiger partial charge >= 0.3 is 0 Å². The predicted molar refractivity (Wildman–Crippen MR) is 139 cm³/mol. The zero-order valence-corrected chi connectivity index (χ0v) is 21.1. The molecule has 1 N–H and O–H groups in total. The first-order chi connectivity index (χ1) is 15.5. The lowest BCUT2D eigenvalue weighted by Gasteiger charge is -2.26. The number of halogens is 1. The van der Waals surface area contributed by atoms with Gasteiger partial charge in [-0.05, 0) is 48.2 Å². The molecule has 174 valence electrons. The molecule has 0 bridgehead atoms. The summed E-state index contributed by atoms with van der Waals surface area (Å²) >= 11 is 3.34. The molecule has 0 atom stereocenters. The number of aryl methyl sites for hydroxylation is 1. The van der Waals surface area contributed by atoms with E-state index in [-0.39, 0.29) is 17.3 Å². The van der Waals surface area contributed by atoms with Crippen molar-refractivity contribution in [1.29, 1.82) is 0 Å². The van der Waals surface area contributed by atoms with Crippen LogP contribution in [-0.4, -0.2) is 55.7 Å². The number of fused-ring (bicyclic) bond motifs is 1. The first-order valence-electron chi connectivity index (χ1n) is 10.2. The minimum absolute atomic E-state index is 0. The molecule has 0 spiro atoms. The summed E-state index contributed by atoms with van der Waals surface area (Å²) in [5.74, 6) is 0.725. The molecular formula is C22H23ClN4O3S3. The van der Waals surface area contributed by atoms with Gasteiger partial charge in [-0.15, -0.1) is 23.7 Å². The van der Waals surface area contributed by atoms with Crippen molar-refractivity contribution in [2.75, 3.05) is 32.1 Å². The second-order valence-corrected chi connectivity index (χ2v) is 11.4. The largest absolute Gasteiger partial charge is 0.379 e. The van der Waals surface area contributed by atoms with Crippen LogP contribution in [0.25, 0.3) is 10.1 Å². The summed E-state index contributed by atoms with van der Waals surface area (Å²) in [4.78, 5) is 6.05. The Balaban J connectivity index is 0.00000259. The fraction of sp³-hybridized carbons (Fsp3) is 0.273. The van der Waals surface area contributed by atoms with Crippen LogP contribution in [0.15, 0.2) is 63.5 Å². The summed E-state index contributed by atoms with van der Waals surface area (Å²) in [6.45, 7) is 3.76. The number of amidine groups is 1. The van der Waals surface area contributed by atoms with E-state index >= 15 is 0 Å². The first-order valence-corrected chi connectivity index (χ1v) is 13.5. The van der Waals surface area contributed by atoms with Gasteiger partial charge in [0.1, 0.15) is 0 Å². The van der Waals surface area contributed by atoms with E-state index in [0.29, 0.717) is 37.2 Å². The SMILES string of the molecule is Cc1c(C2=NNC(=Nc3ccc(S(=O)(=O)N4CCOCC4)cc3)SC2)sc2ccccc12.Cl. The number of hydrogen-bond acceptors (Lipinski definition) is 7. The molecule has 3 aromatic rings. The lowest BCUT2D eigenvalue weighted by atomic mass is 10.1. The van der Waals surface area contributed by atoms with Crippen molar-refractivity contribution in [2.24, 2.45) is 10.1 Å². The van der Waals surface area contributed by atoms with Gasteiger partial charge in [-0.3, -0.25) is 5.43 Å². The molecule has 7 nitrogen and oxygen atoms in total. The van der Waals surface area contributed by atoms with Gasteiger partial charge in [0, 0.05) is 23.5 Å². The van der Waals surface area contributed by atoms with Crippen molar-refractivity contribution in [2.45, 2.75) is 11.8 Å². The quantitative estimate of drug-likeness (QED) is 0.549. The third-order valence-corrected chi connectivity index (χ3v) is 9.52. The van der Waals surface area contributed by atoms with E-state index in [2.05, 4.69) is 46.7 Å². The molecule has 1 saturated heterocycles. The standard InChI is InChI=1S/C22H22N4O3S3.ClH/c1-15-18-4-2-3-5-20(18)31-21(15)19-14-30-22(25-24-19)23-16-6-8-17(9-7-16)32(27,28)26-10-12-29-13-11-26;/h2-9H,10-14H2,1H3,(H,23,25);1H. The van der Waals surface area contributed by atoms with Gasteiger partial charge in [-0.1, -0.05) is 30.0 Å². The van der Waals surface area contributed by atoms with Gasteiger partial charge in [0.05, 0.1) is 34.4 Å². The Hall–Kier alpha value is -1.95. The average Bonchev–Trinajstić information content (AvgIpc) is 3.17. The van der Waals surface area contributed by atoms with Crippen molar-refractivity contribution in [1.82, 2.24) is 9.73 Å². The van der Waals surface area contributed by atoms with Gasteiger partial charge < -0.3 is 4.74 Å². The van der Waals surface area contributed by atoms with Crippen molar-refractivity contribution in [3.05, 3.63) is 59.0 Å². The number of hydrogen-bond donors (Lipinski definition) is 1. The summed E-state index contributed by atoms with van der Waals surface area (Å²) in [6.07, 6.45) is 0. The third-order valence-electron chi connectivity index (χ3n) is 5.41. The van der Waals surface area contributed by atoms with Gasteiger partial charge in [-0.2, -0.15) is 9.41 Å². The van der Waals surface area contributed by atoms with Crippen LogP contribution in [0.5, 0.6) is 0 Å². The molecule has 0 amide bonds. The number of morpholine rings is 1. The highest BCUT2D eigenvalue weighted by molar-refractivity contribution is 8.14. The zero-order chi connectivity index (χ0) is 22.1. The van der Waals surface area contributed by atoms with E-state index in [1.165, 1.54) is 24.8 Å². The molecule has 1 aromatic heterocycles. The molecular weight excluding hydrogens is 500 g/mol. The van der Waals surface area contributed by atoms with Gasteiger partial charge in [-0.25, -0.2) is 13.4 Å². The van der Waals surface area contributed by atoms with Crippen LogP contribution in [0.1, 0.15) is 10.4 Å². The maximum Gasteiger partial charge on any atom is 0.243 e. The second-order valence-electron chi connectivity index (χ2n) is 7.44. The number of nitrogens with zero attached hydrogens (tertiary/aromatic N) is 3. The van der Waals surface area contributed by atoms with Crippen LogP contribution < -0.4 is 5.43 Å². The Kier molecular flexibility index (Phi) is 7.42. The minimum atomic E-state index is -3.50. The highest BCUT2D eigenvalue weighted by Gasteiger charge is 2.26. The number of aliphatic imine (C=N–C) groups is 1. The van der Waals surface area contributed by atoms with Crippen LogP contribution in [0.2, 0.25) is 0 Å². The van der Waals surface area contributed by atoms with Crippen LogP contribution in [0.4, 0.5) is 5.69 Å². The fourth-order valence-corrected chi connectivity index (χ4v) is 7.14. The Labute approximate surface area is 207 Å². The summed E-state index contributed by atoms with van der Waals surface area (Å²) in [5, 5.41) is 6.52. The molecule has 0 saturated carbocycles. The average molecular weight is 523 g/mol. The summed E-state index contributed by atoms with van der Waals surface area (Å²) in [5.41, 5.74) is 6.00. The number of hydrazone groups is 1. The number of rotatable bonds is 4. The summed E-state index contributed by atoms with van der Waals surface area (Å²) < 4.78 is 33.5. The van der Waals surface area contributed by atoms with E-state index in [9.17, 15) is 8.42 Å². The third kappa shape index (κ3) is 4.96. The molecule has 1 fully saturated rings. The lowest BCUT2D eigenvalue weighted by Crippen LogP contribution is -2.40. The Morgan fingerprint density at radius 1 is 1.09 bits per heavy atom. The van der Waals surface area contributed by atoms with Gasteiger partial charge in [0.25, 0.3) is 0 Å². The van der Waals surface area contributed by atoms with Crippen LogP contribution in [0.3, 0.4) is 0 Å². The van der Waals surface area contributed by atoms with Crippen LogP contribution >= 0.6 is 35.5 Å². The molecule has 0 radical (unpaired) electrons. The Morgan fingerprint density at radius 2 is 1.82 bits per heavy atom. The van der Waals surface area contributed by atoms with Crippen molar-refractivity contribution >= 4 is 72.2 Å². The smallest absolute Gasteiger partial charge is 0.243 e. The van der Waals surface area contributed by atoms with Gasteiger partial charge in [0.15, 0.2) is 5.17 Å². The minimum Gasteiger partial charge on any atom is -0.379 e. The monoisotopic (exact) mass is 522 g/mol. The Morgan fingerprint density at radius 3 is 2.48 bits per heavy atom. The van der Waals surface area contributed by atoms with E-state index in [4.69, 9.17) is 4.74 Å². The van der Waals surface area contributed by atoms with Crippen LogP contribution in [-0.2, 0) is 14.8 Å². The number of nitrogens with one attached hydrogen (secondary N) is 1. The molecule has 3 heterocycles. The summed E-state index contributed by atoms with van der Waals surface area (Å²) in [7, 11) is -3.50. The predicted octanol–water partition coefficient (Wildman–Crippen LogP) is 4.38. The molecule has 5 rings (SSSR count). The van der Waals surface area contributed by atoms with E-state index < -0.39 is 10.0 Å². The van der Waals surface area contributed by atoms with Crippen molar-refractivity contribution in [3.8, 4) is 0 Å². The number of thioether (sulfide) groups is 1. The number of ether oxygens (including phenoxy) is 1. The highest BCUT2D eigenvalue weighted by Crippen LogP contribution is 2.32. The van der Waals surface area contributed by atoms with Crippen molar-refractivity contribution in [3.63, 3.8) is 0 Å². The maximum absolute atomic E-state index is 12.8. The molecule has 2 aliphatic rings. The van der Waals surface area contributed by atoms with Gasteiger partial charge in [0.2, 0.25) is 10.0 Å². The number of benzene rings is 2. The Bertz CT molecular complexity index is 1310. The van der Waals surface area contributed by atoms with Crippen LogP contribution in [0, 0.1) is 6.92 Å². The van der Waals surface area contributed by atoms with E-state index in [0.717, 1.165) is 11.5 Å². The lowest BCUT2D eigenvalue weighted by molar-refractivity contribution is 0.0730. The van der Waals surface area contributed by atoms with Crippen molar-refractivity contribution < 1.29 is 13.2 Å². The second kappa shape index (κ2) is 10.1. The summed E-state index contributed by atoms with van der Waals surface area (Å²) in [6, 6.07) is 15.0. The number of thiophene rings is 1. The first kappa shape index (κ1) is 24.2. The van der Waals surface area contributed by atoms with E-state index in [1.807, 2.05) is 0 Å². The fourth-order valence-electron chi connectivity index (χ4n) is 3.69. The van der Waals surface area contributed by atoms with E-state index in [1.54, 1.807) is 47.4 Å². The molecule has 33 heavy (non-hydrogen) atoms. The maximum atomic E-state index is 12.8. The molecule has 2 aromatic carbocycles. The zero-order valence-electron chi connectivity index (χ0n) is 17.9. The topological polar surface area (TPSA) is 83.4 Å². The molecule has 0 aliphatic carbocycles. The highest BCUT2D eigenvalue weighted by atomic mass is 35.5.